The number of nitrogens with one attached hydrogen (secondary N) is 1. The van der Waals surface area contributed by atoms with Gasteiger partial charge in [-0.05, 0) is 26.0 Å². The molecule has 3 aromatic rings. The molecule has 0 unspecified atom stereocenters. The summed E-state index contributed by atoms with van der Waals surface area (Å²) in [7, 11) is 0. The van der Waals surface area contributed by atoms with E-state index in [1.54, 1.807) is 10.7 Å². The van der Waals surface area contributed by atoms with Crippen LogP contribution in [0.2, 0.25) is 10.0 Å². The average Bonchev–Trinajstić information content (AvgIpc) is 3.08. The Bertz CT molecular complexity index is 945. The largest absolute Gasteiger partial charge is 0.324 e. The van der Waals surface area contributed by atoms with Gasteiger partial charge in [0.1, 0.15) is 5.52 Å². The lowest BCUT2D eigenvalue weighted by atomic mass is 10.2. The molecule has 2 heterocycles. The zero-order valence-electron chi connectivity index (χ0n) is 13.6. The monoisotopic (exact) mass is 382 g/mol. The number of amides is 1. The van der Waals surface area contributed by atoms with Crippen molar-refractivity contribution in [3.05, 3.63) is 33.6 Å². The molecule has 0 atom stereocenters. The number of carbonyl (C=O) groups is 1. The molecule has 5 nitrogen and oxygen atoms in total. The minimum Gasteiger partial charge on any atom is -0.324 e. The summed E-state index contributed by atoms with van der Waals surface area (Å²) in [5, 5.41) is 8.81. The summed E-state index contributed by atoms with van der Waals surface area (Å²) < 4.78 is 2.49. The Morgan fingerprint density at radius 1 is 1.29 bits per heavy atom. The van der Waals surface area contributed by atoms with Gasteiger partial charge in [0.2, 0.25) is 11.0 Å². The minimum atomic E-state index is -0.151. The van der Waals surface area contributed by atoms with E-state index in [4.69, 9.17) is 23.2 Å². The van der Waals surface area contributed by atoms with Crippen molar-refractivity contribution < 1.29 is 4.79 Å². The molecule has 1 amide bonds. The second kappa shape index (κ2) is 6.35. The van der Waals surface area contributed by atoms with Crippen molar-refractivity contribution in [2.45, 2.75) is 27.7 Å². The van der Waals surface area contributed by atoms with E-state index >= 15 is 0 Å². The molecule has 1 N–H and O–H groups in total. The third kappa shape index (κ3) is 3.01. The molecule has 0 bridgehead atoms. The van der Waals surface area contributed by atoms with Crippen molar-refractivity contribution in [1.29, 1.82) is 0 Å². The zero-order chi connectivity index (χ0) is 17.6. The molecule has 1 aromatic carbocycles. The molecule has 0 saturated heterocycles. The van der Waals surface area contributed by atoms with E-state index < -0.39 is 0 Å². The first-order valence-corrected chi connectivity index (χ1v) is 8.98. The standard InChI is InChI=1S/C16H16Cl2N4OS/c1-7(2)15(23)19-11-6-10(17)13-14(12(11)18)24-16(20-13)22-9(4)5-8(3)21-22/h5-7H,1-4H3,(H,19,23). The highest BCUT2D eigenvalue weighted by Gasteiger charge is 2.19. The highest BCUT2D eigenvalue weighted by atomic mass is 35.5. The van der Waals surface area contributed by atoms with Gasteiger partial charge in [-0.2, -0.15) is 5.10 Å². The molecule has 0 aliphatic heterocycles. The molecule has 8 heteroatoms. The van der Waals surface area contributed by atoms with E-state index in [1.165, 1.54) is 11.3 Å². The van der Waals surface area contributed by atoms with Crippen LogP contribution < -0.4 is 5.32 Å². The number of hydrogen-bond acceptors (Lipinski definition) is 4. The van der Waals surface area contributed by atoms with E-state index in [2.05, 4.69) is 15.4 Å². The summed E-state index contributed by atoms with van der Waals surface area (Å²) in [6, 6.07) is 3.61. The fourth-order valence-electron chi connectivity index (χ4n) is 2.28. The summed E-state index contributed by atoms with van der Waals surface area (Å²) >= 11 is 14.2. The van der Waals surface area contributed by atoms with Crippen molar-refractivity contribution in [3.8, 4) is 5.13 Å². The second-order valence-electron chi connectivity index (χ2n) is 5.88. The van der Waals surface area contributed by atoms with E-state index in [-0.39, 0.29) is 11.8 Å². The Kier molecular flexibility index (Phi) is 4.55. The van der Waals surface area contributed by atoms with Crippen molar-refractivity contribution in [1.82, 2.24) is 14.8 Å². The Hall–Kier alpha value is -1.63. The Morgan fingerprint density at radius 3 is 2.58 bits per heavy atom. The van der Waals surface area contributed by atoms with Gasteiger partial charge in [0.15, 0.2) is 0 Å². The Balaban J connectivity index is 2.12. The molecular formula is C16H16Cl2N4OS. The van der Waals surface area contributed by atoms with Crippen LogP contribution >= 0.6 is 34.5 Å². The lowest BCUT2D eigenvalue weighted by Gasteiger charge is -2.10. The van der Waals surface area contributed by atoms with Crippen LogP contribution in [0.1, 0.15) is 25.2 Å². The van der Waals surface area contributed by atoms with Gasteiger partial charge in [0.05, 0.1) is 26.1 Å². The molecule has 0 saturated carbocycles. The van der Waals surface area contributed by atoms with Crippen LogP contribution in [0.3, 0.4) is 0 Å². The first-order valence-electron chi connectivity index (χ1n) is 7.41. The topological polar surface area (TPSA) is 59.8 Å². The van der Waals surface area contributed by atoms with Gasteiger partial charge in [0, 0.05) is 11.6 Å². The zero-order valence-corrected chi connectivity index (χ0v) is 16.0. The number of rotatable bonds is 3. The van der Waals surface area contributed by atoms with Crippen LogP contribution in [0.5, 0.6) is 0 Å². The second-order valence-corrected chi connectivity index (χ2v) is 7.64. The van der Waals surface area contributed by atoms with E-state index in [1.807, 2.05) is 33.8 Å². The fraction of sp³-hybridized carbons (Fsp3) is 0.312. The third-order valence-corrected chi connectivity index (χ3v) is 5.36. The molecule has 0 fully saturated rings. The van der Waals surface area contributed by atoms with Gasteiger partial charge in [-0.3, -0.25) is 4.79 Å². The lowest BCUT2D eigenvalue weighted by Crippen LogP contribution is -2.17. The predicted molar refractivity (Wildman–Crippen MR) is 99.7 cm³/mol. The number of fused-ring (bicyclic) bond motifs is 1. The summed E-state index contributed by atoms with van der Waals surface area (Å²) in [6.45, 7) is 7.52. The van der Waals surface area contributed by atoms with Gasteiger partial charge in [0.25, 0.3) is 0 Å². The third-order valence-electron chi connectivity index (χ3n) is 3.52. The fourth-order valence-corrected chi connectivity index (χ4v) is 3.93. The summed E-state index contributed by atoms with van der Waals surface area (Å²) in [6.07, 6.45) is 0. The number of benzene rings is 1. The Labute approximate surface area is 153 Å². The van der Waals surface area contributed by atoms with Crippen LogP contribution in [0.25, 0.3) is 15.3 Å². The molecular weight excluding hydrogens is 367 g/mol. The first kappa shape index (κ1) is 17.2. The maximum absolute atomic E-state index is 11.9. The molecule has 0 radical (unpaired) electrons. The highest BCUT2D eigenvalue weighted by Crippen LogP contribution is 2.40. The van der Waals surface area contributed by atoms with Crippen LogP contribution in [0.15, 0.2) is 12.1 Å². The number of aromatic nitrogens is 3. The molecule has 126 valence electrons. The van der Waals surface area contributed by atoms with Crippen molar-refractivity contribution >= 4 is 56.3 Å². The number of halogens is 2. The normalized spacial score (nSPS) is 11.5. The number of carbonyl (C=O) groups excluding carboxylic acids is 1. The molecule has 2 aromatic heterocycles. The van der Waals surface area contributed by atoms with Crippen molar-refractivity contribution in [2.24, 2.45) is 5.92 Å². The van der Waals surface area contributed by atoms with Crippen molar-refractivity contribution in [3.63, 3.8) is 0 Å². The summed E-state index contributed by atoms with van der Waals surface area (Å²) in [4.78, 5) is 16.5. The van der Waals surface area contributed by atoms with Gasteiger partial charge in [-0.1, -0.05) is 48.4 Å². The van der Waals surface area contributed by atoms with E-state index in [0.29, 0.717) is 26.4 Å². The highest BCUT2D eigenvalue weighted by molar-refractivity contribution is 7.21. The van der Waals surface area contributed by atoms with Gasteiger partial charge in [-0.25, -0.2) is 9.67 Å². The summed E-state index contributed by atoms with van der Waals surface area (Å²) in [5.74, 6) is -0.266. The van der Waals surface area contributed by atoms with Gasteiger partial charge >= 0.3 is 0 Å². The maximum atomic E-state index is 11.9. The maximum Gasteiger partial charge on any atom is 0.226 e. The number of aryl methyl sites for hydroxylation is 2. The van der Waals surface area contributed by atoms with Crippen LogP contribution in [-0.4, -0.2) is 20.7 Å². The smallest absolute Gasteiger partial charge is 0.226 e. The summed E-state index contributed by atoms with van der Waals surface area (Å²) in [5.41, 5.74) is 2.99. The molecule has 3 rings (SSSR count). The van der Waals surface area contributed by atoms with E-state index in [9.17, 15) is 4.79 Å². The SMILES string of the molecule is Cc1cc(C)n(-c2nc3c(Cl)cc(NC(=O)C(C)C)c(Cl)c3s2)n1. The van der Waals surface area contributed by atoms with Crippen LogP contribution in [-0.2, 0) is 4.79 Å². The molecule has 0 aliphatic rings. The first-order chi connectivity index (χ1) is 11.3. The van der Waals surface area contributed by atoms with Crippen LogP contribution in [0, 0.1) is 19.8 Å². The van der Waals surface area contributed by atoms with Gasteiger partial charge in [-0.15, -0.1) is 0 Å². The predicted octanol–water partition coefficient (Wildman–Crippen LogP) is 5.00. The Morgan fingerprint density at radius 2 is 2.00 bits per heavy atom. The number of nitrogens with zero attached hydrogens (tertiary/aromatic N) is 3. The van der Waals surface area contributed by atoms with Crippen molar-refractivity contribution in [2.75, 3.05) is 5.32 Å². The van der Waals surface area contributed by atoms with Gasteiger partial charge < -0.3 is 5.32 Å². The lowest BCUT2D eigenvalue weighted by molar-refractivity contribution is -0.118. The molecule has 24 heavy (non-hydrogen) atoms. The quantitative estimate of drug-likeness (QED) is 0.692. The van der Waals surface area contributed by atoms with E-state index in [0.717, 1.165) is 16.1 Å². The average molecular weight is 383 g/mol. The number of thiazole rings is 1. The number of anilines is 1. The molecule has 0 aliphatic carbocycles. The van der Waals surface area contributed by atoms with Crippen LogP contribution in [0.4, 0.5) is 5.69 Å². The minimum absolute atomic E-state index is 0.115. The molecule has 0 spiro atoms. The number of hydrogen-bond donors (Lipinski definition) is 1.